The van der Waals surface area contributed by atoms with Crippen LogP contribution in [-0.4, -0.2) is 56.4 Å². The summed E-state index contributed by atoms with van der Waals surface area (Å²) < 4.78 is 13.3. The highest BCUT2D eigenvalue weighted by Gasteiger charge is 2.38. The number of nitrogens with zero attached hydrogens (tertiary/aromatic N) is 4. The average Bonchev–Trinajstić information content (AvgIpc) is 3.11. The fraction of sp³-hybridized carbons (Fsp3) is 0.682. The molecule has 1 saturated heterocycles. The van der Waals surface area contributed by atoms with Crippen LogP contribution in [0.15, 0.2) is 18.3 Å². The third-order valence-electron chi connectivity index (χ3n) is 6.81. The number of nitro groups is 1. The number of benzene rings is 1. The minimum Gasteiger partial charge on any atom is -0.417 e. The lowest BCUT2D eigenvalue weighted by molar-refractivity contribution is -0.384. The van der Waals surface area contributed by atoms with Crippen LogP contribution in [0, 0.1) is 16.0 Å². The molecule has 2 aromatic rings. The van der Waals surface area contributed by atoms with Crippen LogP contribution in [0.1, 0.15) is 33.6 Å². The zero-order valence-electron chi connectivity index (χ0n) is 19.7. The average molecular weight is 449 g/mol. The van der Waals surface area contributed by atoms with E-state index in [-0.39, 0.29) is 15.6 Å². The number of hydrogen-bond acceptors (Lipinski definition) is 6. The van der Waals surface area contributed by atoms with Gasteiger partial charge < -0.3 is 14.1 Å². The van der Waals surface area contributed by atoms with Crippen molar-refractivity contribution in [2.45, 2.75) is 58.3 Å². The Labute approximate surface area is 185 Å². The van der Waals surface area contributed by atoms with Gasteiger partial charge in [-0.15, -0.1) is 0 Å². The van der Waals surface area contributed by atoms with E-state index in [9.17, 15) is 10.1 Å². The van der Waals surface area contributed by atoms with Crippen molar-refractivity contribution in [3.8, 4) is 0 Å². The molecule has 1 aromatic carbocycles. The van der Waals surface area contributed by atoms with Gasteiger partial charge in [0.2, 0.25) is 0 Å². The third kappa shape index (κ3) is 5.45. The molecule has 0 radical (unpaired) electrons. The molecule has 0 saturated carbocycles. The number of piperidine rings is 1. The number of hydrogen-bond donors (Lipinski definition) is 0. The van der Waals surface area contributed by atoms with Crippen LogP contribution in [0.2, 0.25) is 18.1 Å². The number of fused-ring (bicyclic) bond motifs is 1. The number of ether oxygens (including phenoxy) is 1. The summed E-state index contributed by atoms with van der Waals surface area (Å²) in [4.78, 5) is 13.6. The highest BCUT2D eigenvalue weighted by molar-refractivity contribution is 6.74. The summed E-state index contributed by atoms with van der Waals surface area (Å²) in [6.45, 7) is 14.9. The van der Waals surface area contributed by atoms with Crippen molar-refractivity contribution in [2.75, 3.05) is 38.3 Å². The summed E-state index contributed by atoms with van der Waals surface area (Å²) in [5, 5.41) is 17.3. The Kier molecular flexibility index (Phi) is 7.07. The molecule has 0 unspecified atom stereocenters. The van der Waals surface area contributed by atoms with Crippen molar-refractivity contribution >= 4 is 30.6 Å². The first-order valence-corrected chi connectivity index (χ1v) is 14.0. The molecule has 0 amide bonds. The molecule has 8 nitrogen and oxygen atoms in total. The van der Waals surface area contributed by atoms with Crippen LogP contribution >= 0.6 is 0 Å². The number of aromatic nitrogens is 2. The highest BCUT2D eigenvalue weighted by Crippen LogP contribution is 2.38. The van der Waals surface area contributed by atoms with E-state index in [1.54, 1.807) is 17.9 Å². The van der Waals surface area contributed by atoms with E-state index >= 15 is 0 Å². The summed E-state index contributed by atoms with van der Waals surface area (Å²) in [6, 6.07) is 3.51. The Balaban J connectivity index is 1.71. The topological polar surface area (TPSA) is 82.7 Å². The molecular weight excluding hydrogens is 412 g/mol. The smallest absolute Gasteiger partial charge is 0.293 e. The molecule has 31 heavy (non-hydrogen) atoms. The van der Waals surface area contributed by atoms with Crippen molar-refractivity contribution in [1.29, 1.82) is 0 Å². The number of methoxy groups -OCH3 is 1. The zero-order chi connectivity index (χ0) is 22.8. The van der Waals surface area contributed by atoms with Gasteiger partial charge in [-0.3, -0.25) is 14.8 Å². The molecule has 1 aliphatic rings. The first-order chi connectivity index (χ1) is 14.5. The largest absolute Gasteiger partial charge is 0.417 e. The molecule has 0 aliphatic carbocycles. The first-order valence-electron chi connectivity index (χ1n) is 11.1. The van der Waals surface area contributed by atoms with Gasteiger partial charge in [0.25, 0.3) is 5.69 Å². The van der Waals surface area contributed by atoms with Gasteiger partial charge in [-0.2, -0.15) is 5.10 Å². The second-order valence-corrected chi connectivity index (χ2v) is 14.9. The zero-order valence-corrected chi connectivity index (χ0v) is 20.7. The molecule has 9 heteroatoms. The molecule has 0 spiro atoms. The Bertz CT molecular complexity index is 914. The number of nitro benzene ring substituents is 1. The van der Waals surface area contributed by atoms with E-state index < -0.39 is 8.32 Å². The monoisotopic (exact) mass is 448 g/mol. The minimum absolute atomic E-state index is 0.148. The van der Waals surface area contributed by atoms with Crippen LogP contribution in [0.5, 0.6) is 0 Å². The van der Waals surface area contributed by atoms with Crippen molar-refractivity contribution in [3.05, 3.63) is 28.4 Å². The van der Waals surface area contributed by atoms with Crippen LogP contribution in [-0.2, 0) is 15.7 Å². The SMILES string of the molecule is COCCn1cc2cc([N+](=O)[O-])c(N3CCC(CO[Si](C)(C)C(C)(C)C)CC3)cc2n1. The van der Waals surface area contributed by atoms with Crippen molar-refractivity contribution in [2.24, 2.45) is 5.92 Å². The van der Waals surface area contributed by atoms with Crippen molar-refractivity contribution in [3.63, 3.8) is 0 Å². The standard InChI is InChI=1S/C22H36N4O4Si/c1-22(2,3)31(5,6)30-16-17-7-9-24(10-8-17)20-14-19-18(13-21(20)26(27)28)15-25(23-19)11-12-29-4/h13-15,17H,7-12,16H2,1-6H3. The van der Waals surface area contributed by atoms with Gasteiger partial charge in [-0.1, -0.05) is 20.8 Å². The summed E-state index contributed by atoms with van der Waals surface area (Å²) >= 11 is 0. The highest BCUT2D eigenvalue weighted by atomic mass is 28.4. The van der Waals surface area contributed by atoms with E-state index in [1.807, 2.05) is 12.3 Å². The molecule has 0 atom stereocenters. The van der Waals surface area contributed by atoms with Crippen LogP contribution < -0.4 is 4.90 Å². The van der Waals surface area contributed by atoms with E-state index in [1.165, 1.54) is 0 Å². The van der Waals surface area contributed by atoms with Crippen LogP contribution in [0.4, 0.5) is 11.4 Å². The van der Waals surface area contributed by atoms with Crippen LogP contribution in [0.25, 0.3) is 10.9 Å². The van der Waals surface area contributed by atoms with Crippen LogP contribution in [0.3, 0.4) is 0 Å². The van der Waals surface area contributed by atoms with E-state index in [0.29, 0.717) is 24.8 Å². The van der Waals surface area contributed by atoms with E-state index in [2.05, 4.69) is 43.9 Å². The minimum atomic E-state index is -1.75. The van der Waals surface area contributed by atoms with Crippen molar-refractivity contribution < 1.29 is 14.1 Å². The van der Waals surface area contributed by atoms with E-state index in [0.717, 1.165) is 43.4 Å². The Morgan fingerprint density at radius 1 is 1.26 bits per heavy atom. The van der Waals surface area contributed by atoms with Gasteiger partial charge in [0.1, 0.15) is 5.69 Å². The number of anilines is 1. The van der Waals surface area contributed by atoms with Crippen molar-refractivity contribution in [1.82, 2.24) is 9.78 Å². The molecule has 1 aromatic heterocycles. The quantitative estimate of drug-likeness (QED) is 0.327. The second-order valence-electron chi connectivity index (χ2n) is 10.0. The lowest BCUT2D eigenvalue weighted by Crippen LogP contribution is -2.43. The summed E-state index contributed by atoms with van der Waals surface area (Å²) in [5.41, 5.74) is 1.59. The van der Waals surface area contributed by atoms with Gasteiger partial charge >= 0.3 is 0 Å². The first kappa shape index (κ1) is 23.7. The molecule has 172 valence electrons. The van der Waals surface area contributed by atoms with Gasteiger partial charge in [0, 0.05) is 44.5 Å². The normalized spacial score (nSPS) is 16.3. The number of rotatable bonds is 8. The lowest BCUT2D eigenvalue weighted by Gasteiger charge is -2.39. The predicted octanol–water partition coefficient (Wildman–Crippen LogP) is 4.83. The van der Waals surface area contributed by atoms with Gasteiger partial charge in [0.05, 0.1) is 23.6 Å². The Morgan fingerprint density at radius 2 is 1.94 bits per heavy atom. The lowest BCUT2D eigenvalue weighted by atomic mass is 9.97. The van der Waals surface area contributed by atoms with E-state index in [4.69, 9.17) is 9.16 Å². The summed E-state index contributed by atoms with van der Waals surface area (Å²) in [6.07, 6.45) is 3.80. The molecular formula is C22H36N4O4Si. The molecule has 1 fully saturated rings. The second kappa shape index (κ2) is 9.26. The molecule has 2 heterocycles. The maximum atomic E-state index is 11.8. The van der Waals surface area contributed by atoms with Gasteiger partial charge in [-0.25, -0.2) is 0 Å². The Hall–Kier alpha value is -1.97. The fourth-order valence-corrected chi connectivity index (χ4v) is 4.77. The molecule has 1 aliphatic heterocycles. The molecule has 0 bridgehead atoms. The van der Waals surface area contributed by atoms with Gasteiger partial charge in [0.15, 0.2) is 8.32 Å². The maximum Gasteiger partial charge on any atom is 0.293 e. The predicted molar refractivity (Wildman–Crippen MR) is 126 cm³/mol. The fourth-order valence-electron chi connectivity index (χ4n) is 3.68. The molecule has 3 rings (SSSR count). The summed E-state index contributed by atoms with van der Waals surface area (Å²) in [7, 11) is -0.108. The Morgan fingerprint density at radius 3 is 2.52 bits per heavy atom. The van der Waals surface area contributed by atoms with Gasteiger partial charge in [-0.05, 0) is 43.0 Å². The maximum absolute atomic E-state index is 11.8. The summed E-state index contributed by atoms with van der Waals surface area (Å²) in [5.74, 6) is 0.501. The molecule has 0 N–H and O–H groups in total. The third-order valence-corrected chi connectivity index (χ3v) is 11.3.